The molecule has 1 aromatic carbocycles. The van der Waals surface area contributed by atoms with Gasteiger partial charge in [-0.2, -0.15) is 0 Å². The van der Waals surface area contributed by atoms with Crippen LogP contribution in [0.2, 0.25) is 0 Å². The number of rotatable bonds is 5. The van der Waals surface area contributed by atoms with E-state index in [1.54, 1.807) is 0 Å². The van der Waals surface area contributed by atoms with Crippen molar-refractivity contribution in [2.75, 3.05) is 7.11 Å². The largest absolute Gasteiger partial charge is 0.468 e. The van der Waals surface area contributed by atoms with E-state index in [2.05, 4.69) is 53.3 Å². The number of esters is 1. The Morgan fingerprint density at radius 2 is 2.30 bits per heavy atom. The predicted octanol–water partition coefficient (Wildman–Crippen LogP) is 3.61. The quantitative estimate of drug-likeness (QED) is 0.832. The van der Waals surface area contributed by atoms with Crippen LogP contribution in [0.3, 0.4) is 0 Å². The van der Waals surface area contributed by atoms with Gasteiger partial charge in [-0.3, -0.25) is 10.1 Å². The highest BCUT2D eigenvalue weighted by atomic mass is 79.9. The third-order valence-electron chi connectivity index (χ3n) is 4.23. The van der Waals surface area contributed by atoms with Crippen LogP contribution in [-0.4, -0.2) is 19.1 Å². The van der Waals surface area contributed by atoms with Gasteiger partial charge in [0.05, 0.1) is 7.11 Å². The van der Waals surface area contributed by atoms with E-state index in [9.17, 15) is 4.79 Å². The van der Waals surface area contributed by atoms with Crippen LogP contribution in [0.15, 0.2) is 22.7 Å². The van der Waals surface area contributed by atoms with Crippen LogP contribution in [0, 0.1) is 5.92 Å². The highest BCUT2D eigenvalue weighted by molar-refractivity contribution is 9.10. The fraction of sp³-hybridized carbons (Fsp3) is 0.562. The maximum atomic E-state index is 12.0. The molecule has 4 heteroatoms. The van der Waals surface area contributed by atoms with Crippen LogP contribution in [-0.2, 0) is 16.0 Å². The zero-order chi connectivity index (χ0) is 14.7. The molecule has 2 rings (SSSR count). The SMILES string of the molecule is CCC(C)C(NC1CCc2cc(Br)ccc21)C(=O)OC. The van der Waals surface area contributed by atoms with Crippen LogP contribution in [0.4, 0.5) is 0 Å². The van der Waals surface area contributed by atoms with E-state index in [0.29, 0.717) is 0 Å². The molecule has 1 aliphatic rings. The molecule has 1 aromatic rings. The smallest absolute Gasteiger partial charge is 0.323 e. The molecule has 0 heterocycles. The number of halogens is 1. The molecule has 0 saturated heterocycles. The van der Waals surface area contributed by atoms with Crippen molar-refractivity contribution in [3.63, 3.8) is 0 Å². The fourth-order valence-electron chi connectivity index (χ4n) is 2.80. The lowest BCUT2D eigenvalue weighted by molar-refractivity contribution is -0.144. The Balaban J connectivity index is 2.15. The summed E-state index contributed by atoms with van der Waals surface area (Å²) in [6.07, 6.45) is 3.04. The maximum absolute atomic E-state index is 12.0. The average molecular weight is 340 g/mol. The standard InChI is InChI=1S/C16H22BrNO2/c1-4-10(2)15(16(19)20-3)18-14-8-5-11-9-12(17)6-7-13(11)14/h6-7,9-10,14-15,18H,4-5,8H2,1-3H3. The molecule has 1 N–H and O–H groups in total. The van der Waals surface area contributed by atoms with Crippen molar-refractivity contribution >= 4 is 21.9 Å². The lowest BCUT2D eigenvalue weighted by Crippen LogP contribution is -2.43. The first kappa shape index (κ1) is 15.5. The topological polar surface area (TPSA) is 38.3 Å². The average Bonchev–Trinajstić information content (AvgIpc) is 2.85. The molecule has 0 amide bonds. The molecule has 3 nitrogen and oxygen atoms in total. The van der Waals surface area contributed by atoms with E-state index in [4.69, 9.17) is 4.74 Å². The lowest BCUT2D eigenvalue weighted by Gasteiger charge is -2.26. The van der Waals surface area contributed by atoms with Crippen molar-refractivity contribution < 1.29 is 9.53 Å². The minimum absolute atomic E-state index is 0.162. The van der Waals surface area contributed by atoms with Gasteiger partial charge in [0.15, 0.2) is 0 Å². The Kier molecular flexibility index (Phi) is 5.22. The Bertz CT molecular complexity index is 489. The van der Waals surface area contributed by atoms with Crippen LogP contribution in [0.5, 0.6) is 0 Å². The number of carbonyl (C=O) groups is 1. The monoisotopic (exact) mass is 339 g/mol. The number of aryl methyl sites for hydroxylation is 1. The van der Waals surface area contributed by atoms with Gasteiger partial charge in [0.25, 0.3) is 0 Å². The Labute approximate surface area is 129 Å². The van der Waals surface area contributed by atoms with Crippen molar-refractivity contribution in [2.24, 2.45) is 5.92 Å². The first-order valence-corrected chi connectivity index (χ1v) is 7.98. The van der Waals surface area contributed by atoms with Crippen LogP contribution >= 0.6 is 15.9 Å². The van der Waals surface area contributed by atoms with Crippen molar-refractivity contribution in [3.8, 4) is 0 Å². The highest BCUT2D eigenvalue weighted by Gasteiger charge is 2.31. The summed E-state index contributed by atoms with van der Waals surface area (Å²) in [5, 5.41) is 3.50. The number of fused-ring (bicyclic) bond motifs is 1. The highest BCUT2D eigenvalue weighted by Crippen LogP contribution is 2.33. The number of hydrogen-bond donors (Lipinski definition) is 1. The maximum Gasteiger partial charge on any atom is 0.323 e. The van der Waals surface area contributed by atoms with E-state index in [1.165, 1.54) is 18.2 Å². The third kappa shape index (κ3) is 3.23. The summed E-state index contributed by atoms with van der Waals surface area (Å²) in [5.74, 6) is 0.104. The van der Waals surface area contributed by atoms with Gasteiger partial charge in [0.1, 0.15) is 6.04 Å². The summed E-state index contributed by atoms with van der Waals surface area (Å²) in [4.78, 5) is 12.0. The summed E-state index contributed by atoms with van der Waals surface area (Å²) in [5.41, 5.74) is 2.68. The van der Waals surface area contributed by atoms with Crippen molar-refractivity contribution in [3.05, 3.63) is 33.8 Å². The number of nitrogens with one attached hydrogen (secondary N) is 1. The second kappa shape index (κ2) is 6.72. The van der Waals surface area contributed by atoms with Crippen LogP contribution < -0.4 is 5.32 Å². The van der Waals surface area contributed by atoms with Gasteiger partial charge in [-0.15, -0.1) is 0 Å². The summed E-state index contributed by atoms with van der Waals surface area (Å²) in [6.45, 7) is 4.19. The normalized spacial score (nSPS) is 20.3. The van der Waals surface area contributed by atoms with Crippen molar-refractivity contribution in [1.29, 1.82) is 0 Å². The molecule has 1 aliphatic carbocycles. The molecular weight excluding hydrogens is 318 g/mol. The molecule has 0 aromatic heterocycles. The molecule has 0 bridgehead atoms. The van der Waals surface area contributed by atoms with E-state index >= 15 is 0 Å². The first-order valence-electron chi connectivity index (χ1n) is 7.19. The summed E-state index contributed by atoms with van der Waals surface area (Å²) >= 11 is 3.51. The molecule has 3 atom stereocenters. The summed E-state index contributed by atoms with van der Waals surface area (Å²) < 4.78 is 6.06. The Morgan fingerprint density at radius 3 is 2.95 bits per heavy atom. The minimum atomic E-state index is -0.232. The van der Waals surface area contributed by atoms with Gasteiger partial charge in [0, 0.05) is 10.5 Å². The Hall–Kier alpha value is -0.870. The van der Waals surface area contributed by atoms with E-state index in [0.717, 1.165) is 23.7 Å². The molecule has 0 spiro atoms. The van der Waals surface area contributed by atoms with E-state index < -0.39 is 0 Å². The summed E-state index contributed by atoms with van der Waals surface area (Å²) in [7, 11) is 1.46. The summed E-state index contributed by atoms with van der Waals surface area (Å²) in [6, 6.07) is 6.40. The lowest BCUT2D eigenvalue weighted by atomic mass is 9.97. The third-order valence-corrected chi connectivity index (χ3v) is 4.72. The molecular formula is C16H22BrNO2. The molecule has 110 valence electrons. The Morgan fingerprint density at radius 1 is 1.55 bits per heavy atom. The van der Waals surface area contributed by atoms with Gasteiger partial charge < -0.3 is 4.74 Å². The number of carbonyl (C=O) groups excluding carboxylic acids is 1. The number of benzene rings is 1. The van der Waals surface area contributed by atoms with Gasteiger partial charge >= 0.3 is 5.97 Å². The number of methoxy groups -OCH3 is 1. The zero-order valence-corrected chi connectivity index (χ0v) is 13.9. The van der Waals surface area contributed by atoms with Gasteiger partial charge in [-0.05, 0) is 42.0 Å². The number of ether oxygens (including phenoxy) is 1. The molecule has 0 aliphatic heterocycles. The molecule has 0 saturated carbocycles. The van der Waals surface area contributed by atoms with Gasteiger partial charge in [-0.1, -0.05) is 42.3 Å². The second-order valence-electron chi connectivity index (χ2n) is 5.49. The van der Waals surface area contributed by atoms with Crippen molar-refractivity contribution in [2.45, 2.75) is 45.2 Å². The van der Waals surface area contributed by atoms with E-state index in [1.807, 2.05) is 0 Å². The molecule has 0 fully saturated rings. The minimum Gasteiger partial charge on any atom is -0.468 e. The van der Waals surface area contributed by atoms with Crippen LogP contribution in [0.25, 0.3) is 0 Å². The first-order chi connectivity index (χ1) is 9.56. The van der Waals surface area contributed by atoms with E-state index in [-0.39, 0.29) is 24.0 Å². The van der Waals surface area contributed by atoms with Gasteiger partial charge in [-0.25, -0.2) is 0 Å². The molecule has 0 radical (unpaired) electrons. The molecule has 3 unspecified atom stereocenters. The zero-order valence-electron chi connectivity index (χ0n) is 12.3. The van der Waals surface area contributed by atoms with Crippen molar-refractivity contribution in [1.82, 2.24) is 5.32 Å². The second-order valence-corrected chi connectivity index (χ2v) is 6.40. The fourth-order valence-corrected chi connectivity index (χ4v) is 3.21. The predicted molar refractivity (Wildman–Crippen MR) is 83.6 cm³/mol. The molecule has 20 heavy (non-hydrogen) atoms. The number of hydrogen-bond acceptors (Lipinski definition) is 3. The van der Waals surface area contributed by atoms with Gasteiger partial charge in [0.2, 0.25) is 0 Å². The van der Waals surface area contributed by atoms with Crippen LogP contribution in [0.1, 0.15) is 43.9 Å².